The van der Waals surface area contributed by atoms with Crippen molar-refractivity contribution in [1.29, 1.82) is 0 Å². The fourth-order valence-corrected chi connectivity index (χ4v) is 3.89. The van der Waals surface area contributed by atoms with Gasteiger partial charge in [-0.15, -0.1) is 0 Å². The second-order valence-corrected chi connectivity index (χ2v) is 6.73. The molecule has 0 bridgehead atoms. The van der Waals surface area contributed by atoms with Crippen LogP contribution in [0, 0.1) is 0 Å². The summed E-state index contributed by atoms with van der Waals surface area (Å²) in [6.07, 6.45) is 0. The molecule has 26 heavy (non-hydrogen) atoms. The molecule has 1 aromatic heterocycles. The Bertz CT molecular complexity index is 1180. The first-order valence-electron chi connectivity index (χ1n) is 8.97. The molecule has 0 unspecified atom stereocenters. The Morgan fingerprint density at radius 2 is 1.08 bits per heavy atom. The van der Waals surface area contributed by atoms with Crippen molar-refractivity contribution in [3.05, 3.63) is 97.1 Å². The summed E-state index contributed by atoms with van der Waals surface area (Å²) in [6.45, 7) is 0. The van der Waals surface area contributed by atoms with Gasteiger partial charge in [-0.05, 0) is 35.4 Å². The highest BCUT2D eigenvalue weighted by Gasteiger charge is 2.11. The number of hydrogen-bond donors (Lipinski definition) is 0. The van der Waals surface area contributed by atoms with E-state index in [0.717, 1.165) is 0 Å². The number of fused-ring (bicyclic) bond motifs is 3. The minimum absolute atomic E-state index is 1.19. The fourth-order valence-electron chi connectivity index (χ4n) is 3.89. The zero-order valence-electron chi connectivity index (χ0n) is 14.7. The second-order valence-electron chi connectivity index (χ2n) is 6.73. The Morgan fingerprint density at radius 3 is 1.69 bits per heavy atom. The molecule has 0 saturated carbocycles. The molecule has 1 heterocycles. The van der Waals surface area contributed by atoms with Crippen LogP contribution in [0.1, 0.15) is 0 Å². The maximum atomic E-state index is 2.35. The predicted octanol–water partition coefficient (Wildman–Crippen LogP) is 4.71. The lowest BCUT2D eigenvalue weighted by molar-refractivity contribution is 1.18. The molecule has 0 spiro atoms. The van der Waals surface area contributed by atoms with Gasteiger partial charge in [-0.3, -0.25) is 0 Å². The Labute approximate surface area is 153 Å². The van der Waals surface area contributed by atoms with Crippen LogP contribution in [0.3, 0.4) is 0 Å². The molecule has 0 atom stereocenters. The van der Waals surface area contributed by atoms with Crippen molar-refractivity contribution in [2.45, 2.75) is 0 Å². The molecule has 5 rings (SSSR count). The van der Waals surface area contributed by atoms with Gasteiger partial charge in [0.1, 0.15) is 7.85 Å². The van der Waals surface area contributed by atoms with Gasteiger partial charge in [-0.2, -0.15) is 0 Å². The van der Waals surface area contributed by atoms with Crippen molar-refractivity contribution in [3.63, 3.8) is 0 Å². The van der Waals surface area contributed by atoms with Crippen molar-refractivity contribution < 1.29 is 0 Å². The fraction of sp³-hybridized carbons (Fsp3) is 0. The van der Waals surface area contributed by atoms with Crippen LogP contribution < -0.4 is 5.46 Å². The second kappa shape index (κ2) is 5.92. The largest absolute Gasteiger partial charge is 0.309 e. The van der Waals surface area contributed by atoms with Crippen LogP contribution in [0.5, 0.6) is 0 Å². The summed E-state index contributed by atoms with van der Waals surface area (Å²) < 4.78 is 2.35. The van der Waals surface area contributed by atoms with E-state index >= 15 is 0 Å². The summed E-state index contributed by atoms with van der Waals surface area (Å²) in [5.74, 6) is 0. The van der Waals surface area contributed by atoms with Crippen molar-refractivity contribution in [3.8, 4) is 16.8 Å². The molecule has 5 aromatic rings. The Kier molecular flexibility index (Phi) is 3.43. The van der Waals surface area contributed by atoms with Crippen LogP contribution in [0.4, 0.5) is 0 Å². The molecule has 0 amide bonds. The maximum Gasteiger partial charge on any atom is 0.140 e. The molecule has 0 aliphatic carbocycles. The smallest absolute Gasteiger partial charge is 0.140 e. The Balaban J connectivity index is 1.72. The van der Waals surface area contributed by atoms with Crippen LogP contribution in [-0.4, -0.2) is 12.4 Å². The van der Waals surface area contributed by atoms with Gasteiger partial charge < -0.3 is 4.57 Å². The number of benzene rings is 4. The predicted molar refractivity (Wildman–Crippen MR) is 114 cm³/mol. The molecule has 2 heteroatoms. The first kappa shape index (κ1) is 15.0. The van der Waals surface area contributed by atoms with Crippen LogP contribution in [0.25, 0.3) is 38.6 Å². The van der Waals surface area contributed by atoms with Crippen molar-refractivity contribution in [2.75, 3.05) is 0 Å². The zero-order chi connectivity index (χ0) is 17.5. The highest BCUT2D eigenvalue weighted by Crippen LogP contribution is 2.32. The molecular formula is C24H18BN. The summed E-state index contributed by atoms with van der Waals surface area (Å²) in [5, 5.41) is 2.59. The standard InChI is InChI=1S/C24H18BN/c25-22-10-4-1-7-19(22)17-13-15-18(16-14-17)26-23-11-5-2-8-20(23)21-9-3-6-12-24(21)26/h1-16H,25H2. The van der Waals surface area contributed by atoms with E-state index in [1.165, 1.54) is 44.1 Å². The molecular weight excluding hydrogens is 313 g/mol. The Morgan fingerprint density at radius 1 is 0.538 bits per heavy atom. The molecule has 122 valence electrons. The molecule has 1 nitrogen and oxygen atoms in total. The lowest BCUT2D eigenvalue weighted by Crippen LogP contribution is -2.05. The minimum Gasteiger partial charge on any atom is -0.309 e. The molecule has 0 radical (unpaired) electrons. The van der Waals surface area contributed by atoms with Gasteiger partial charge in [0.15, 0.2) is 0 Å². The normalized spacial score (nSPS) is 11.2. The third kappa shape index (κ3) is 2.27. The van der Waals surface area contributed by atoms with E-state index in [0.29, 0.717) is 0 Å². The van der Waals surface area contributed by atoms with E-state index in [-0.39, 0.29) is 0 Å². The SMILES string of the molecule is Bc1ccccc1-c1ccc(-n2c3ccccc3c3ccccc32)cc1. The molecule has 0 fully saturated rings. The van der Waals surface area contributed by atoms with Crippen LogP contribution in [0.15, 0.2) is 97.1 Å². The van der Waals surface area contributed by atoms with Crippen LogP contribution in [0.2, 0.25) is 0 Å². The third-order valence-corrected chi connectivity index (χ3v) is 5.16. The van der Waals surface area contributed by atoms with Gasteiger partial charge in [-0.1, -0.05) is 78.3 Å². The van der Waals surface area contributed by atoms with Crippen molar-refractivity contribution in [2.24, 2.45) is 0 Å². The van der Waals surface area contributed by atoms with E-state index in [2.05, 4.69) is 109 Å². The first-order valence-corrected chi connectivity index (χ1v) is 8.97. The lowest BCUT2D eigenvalue weighted by Gasteiger charge is -2.10. The van der Waals surface area contributed by atoms with Gasteiger partial charge in [0.05, 0.1) is 11.0 Å². The maximum absolute atomic E-state index is 2.35. The highest BCUT2D eigenvalue weighted by atomic mass is 15.0. The highest BCUT2D eigenvalue weighted by molar-refractivity contribution is 6.35. The summed E-state index contributed by atoms with van der Waals surface area (Å²) in [5.41, 5.74) is 7.54. The van der Waals surface area contributed by atoms with E-state index in [1.807, 2.05) is 0 Å². The number of rotatable bonds is 2. The number of nitrogens with zero attached hydrogens (tertiary/aromatic N) is 1. The van der Waals surface area contributed by atoms with Gasteiger partial charge in [-0.25, -0.2) is 0 Å². The molecule has 0 saturated heterocycles. The summed E-state index contributed by atoms with van der Waals surface area (Å²) in [6, 6.07) is 34.7. The number of hydrogen-bond acceptors (Lipinski definition) is 0. The number of aromatic nitrogens is 1. The molecule has 0 N–H and O–H groups in total. The number of para-hydroxylation sites is 2. The minimum atomic E-state index is 1.19. The molecule has 0 aliphatic rings. The van der Waals surface area contributed by atoms with Crippen molar-refractivity contribution in [1.82, 2.24) is 4.57 Å². The summed E-state index contributed by atoms with van der Waals surface area (Å²) in [4.78, 5) is 0. The van der Waals surface area contributed by atoms with Gasteiger partial charge in [0, 0.05) is 16.5 Å². The Hall–Kier alpha value is -3.26. The summed E-state index contributed by atoms with van der Waals surface area (Å²) >= 11 is 0. The molecule has 4 aromatic carbocycles. The van der Waals surface area contributed by atoms with Crippen LogP contribution in [-0.2, 0) is 0 Å². The molecule has 0 aliphatic heterocycles. The van der Waals surface area contributed by atoms with Gasteiger partial charge >= 0.3 is 0 Å². The third-order valence-electron chi connectivity index (χ3n) is 5.16. The van der Waals surface area contributed by atoms with Gasteiger partial charge in [0.2, 0.25) is 0 Å². The van der Waals surface area contributed by atoms with E-state index in [9.17, 15) is 0 Å². The zero-order valence-corrected chi connectivity index (χ0v) is 14.7. The van der Waals surface area contributed by atoms with E-state index in [1.54, 1.807) is 0 Å². The average Bonchev–Trinajstić information content (AvgIpc) is 3.03. The average molecular weight is 331 g/mol. The first-order chi connectivity index (χ1) is 12.8. The topological polar surface area (TPSA) is 4.93 Å². The van der Waals surface area contributed by atoms with Crippen molar-refractivity contribution >= 4 is 35.1 Å². The summed E-state index contributed by atoms with van der Waals surface area (Å²) in [7, 11) is 2.16. The van der Waals surface area contributed by atoms with E-state index in [4.69, 9.17) is 0 Å². The van der Waals surface area contributed by atoms with Gasteiger partial charge in [0.25, 0.3) is 0 Å². The lowest BCUT2D eigenvalue weighted by atomic mass is 9.87. The van der Waals surface area contributed by atoms with E-state index < -0.39 is 0 Å². The monoisotopic (exact) mass is 331 g/mol. The quantitative estimate of drug-likeness (QED) is 0.413. The van der Waals surface area contributed by atoms with Crippen LogP contribution >= 0.6 is 0 Å².